The quantitative estimate of drug-likeness (QED) is 0.908. The largest absolute Gasteiger partial charge is 0.296 e. The number of aromatic nitrogens is 3. The van der Waals surface area contributed by atoms with Crippen LogP contribution in [0.1, 0.15) is 21.1 Å². The lowest BCUT2D eigenvalue weighted by Crippen LogP contribution is -2.14. The van der Waals surface area contributed by atoms with Gasteiger partial charge in [0.15, 0.2) is 16.0 Å². The van der Waals surface area contributed by atoms with Crippen LogP contribution >= 0.6 is 22.9 Å². The number of carbonyl (C=O) groups is 1. The molecule has 0 fully saturated rings. The topological polar surface area (TPSA) is 67.8 Å². The van der Waals surface area contributed by atoms with Gasteiger partial charge in [0.05, 0.1) is 5.69 Å². The molecule has 0 spiro atoms. The van der Waals surface area contributed by atoms with Crippen molar-refractivity contribution in [2.45, 2.75) is 13.8 Å². The molecule has 1 N–H and O–H groups in total. The van der Waals surface area contributed by atoms with Crippen LogP contribution in [0, 0.1) is 13.8 Å². The molecule has 0 radical (unpaired) electrons. The molecule has 1 amide bonds. The van der Waals surface area contributed by atoms with E-state index in [0.717, 1.165) is 10.6 Å². The summed E-state index contributed by atoms with van der Waals surface area (Å²) >= 11 is 7.01. The normalized spacial score (nSPS) is 10.3. The first-order valence-corrected chi connectivity index (χ1v) is 6.00. The third-order valence-corrected chi connectivity index (χ3v) is 3.30. The monoisotopic (exact) mass is 268 g/mol. The van der Waals surface area contributed by atoms with Crippen LogP contribution in [0.4, 0.5) is 5.13 Å². The number of carbonyl (C=O) groups excluding carboxylic acids is 1. The number of aryl methyl sites for hydroxylation is 2. The zero-order valence-corrected chi connectivity index (χ0v) is 10.8. The molecule has 2 aromatic heterocycles. The maximum atomic E-state index is 11.8. The Bertz CT molecular complexity index is 532. The first-order chi connectivity index (χ1) is 8.06. The Balaban J connectivity index is 2.14. The van der Waals surface area contributed by atoms with Crippen LogP contribution in [0.15, 0.2) is 12.1 Å². The lowest BCUT2D eigenvalue weighted by atomic mass is 10.4. The van der Waals surface area contributed by atoms with Gasteiger partial charge in [-0.15, -0.1) is 21.5 Å². The molecule has 0 aliphatic carbocycles. The minimum Gasteiger partial charge on any atom is -0.296 e. The molecule has 0 aromatic carbocycles. The maximum Gasteiger partial charge on any atom is 0.277 e. The molecular formula is C10H9ClN4OS. The molecule has 0 saturated heterocycles. The van der Waals surface area contributed by atoms with Gasteiger partial charge < -0.3 is 0 Å². The fourth-order valence-electron chi connectivity index (χ4n) is 1.12. The fourth-order valence-corrected chi connectivity index (χ4v) is 2.03. The highest BCUT2D eigenvalue weighted by Crippen LogP contribution is 2.21. The highest BCUT2D eigenvalue weighted by atomic mass is 35.5. The lowest BCUT2D eigenvalue weighted by molar-refractivity contribution is 0.102. The summed E-state index contributed by atoms with van der Waals surface area (Å²) in [5.74, 6) is -0.345. The Morgan fingerprint density at radius 2 is 2.12 bits per heavy atom. The first kappa shape index (κ1) is 11.9. The Hall–Kier alpha value is -1.53. The molecule has 0 saturated carbocycles. The predicted molar refractivity (Wildman–Crippen MR) is 66.6 cm³/mol. The Kier molecular flexibility index (Phi) is 3.35. The average molecular weight is 269 g/mol. The molecule has 0 aliphatic rings. The first-order valence-electron chi connectivity index (χ1n) is 4.81. The summed E-state index contributed by atoms with van der Waals surface area (Å²) in [4.78, 5) is 17.0. The summed E-state index contributed by atoms with van der Waals surface area (Å²) in [7, 11) is 0. The van der Waals surface area contributed by atoms with Crippen molar-refractivity contribution in [3.8, 4) is 0 Å². The van der Waals surface area contributed by atoms with E-state index < -0.39 is 0 Å². The molecule has 5 nitrogen and oxygen atoms in total. The smallest absolute Gasteiger partial charge is 0.277 e. The van der Waals surface area contributed by atoms with E-state index >= 15 is 0 Å². The third kappa shape index (κ3) is 2.78. The summed E-state index contributed by atoms with van der Waals surface area (Å²) in [5, 5.41) is 10.8. The van der Waals surface area contributed by atoms with Gasteiger partial charge in [-0.2, -0.15) is 0 Å². The van der Waals surface area contributed by atoms with Crippen molar-refractivity contribution in [3.63, 3.8) is 0 Å². The van der Waals surface area contributed by atoms with Crippen molar-refractivity contribution < 1.29 is 4.79 Å². The van der Waals surface area contributed by atoms with Gasteiger partial charge >= 0.3 is 0 Å². The van der Waals surface area contributed by atoms with Crippen LogP contribution < -0.4 is 5.32 Å². The van der Waals surface area contributed by atoms with E-state index in [4.69, 9.17) is 11.6 Å². The van der Waals surface area contributed by atoms with Gasteiger partial charge in [0.25, 0.3) is 5.91 Å². The van der Waals surface area contributed by atoms with Gasteiger partial charge in [-0.25, -0.2) is 4.98 Å². The summed E-state index contributed by atoms with van der Waals surface area (Å²) in [6.07, 6.45) is 0. The summed E-state index contributed by atoms with van der Waals surface area (Å²) in [6.45, 7) is 3.84. The molecule has 17 heavy (non-hydrogen) atoms. The molecule has 7 heteroatoms. The Morgan fingerprint density at radius 3 is 2.65 bits per heavy atom. The van der Waals surface area contributed by atoms with Crippen LogP contribution in [0.25, 0.3) is 0 Å². The molecule has 88 valence electrons. The Labute approximate surface area is 107 Å². The second-order valence-electron chi connectivity index (χ2n) is 3.36. The summed E-state index contributed by atoms with van der Waals surface area (Å²) in [5.41, 5.74) is 1.12. The minimum atomic E-state index is -0.345. The average Bonchev–Trinajstić information content (AvgIpc) is 2.58. The van der Waals surface area contributed by atoms with Crippen molar-refractivity contribution >= 4 is 34.0 Å². The highest BCUT2D eigenvalue weighted by molar-refractivity contribution is 7.15. The lowest BCUT2D eigenvalue weighted by Gasteiger charge is -1.99. The third-order valence-electron chi connectivity index (χ3n) is 2.11. The predicted octanol–water partition coefficient (Wildman–Crippen LogP) is 2.46. The molecule has 0 unspecified atom stereocenters. The van der Waals surface area contributed by atoms with Crippen LogP contribution in [-0.2, 0) is 0 Å². The number of thiazole rings is 1. The van der Waals surface area contributed by atoms with Gasteiger partial charge in [-0.05, 0) is 26.0 Å². The highest BCUT2D eigenvalue weighted by Gasteiger charge is 2.11. The number of amides is 1. The van der Waals surface area contributed by atoms with E-state index in [-0.39, 0.29) is 16.8 Å². The number of nitrogens with one attached hydrogen (secondary N) is 1. The number of hydrogen-bond donors (Lipinski definition) is 1. The van der Waals surface area contributed by atoms with Crippen molar-refractivity contribution in [1.82, 2.24) is 15.2 Å². The number of rotatable bonds is 2. The maximum absolute atomic E-state index is 11.8. The number of hydrogen-bond acceptors (Lipinski definition) is 5. The summed E-state index contributed by atoms with van der Waals surface area (Å²) < 4.78 is 0. The molecule has 2 aromatic rings. The van der Waals surface area contributed by atoms with Gasteiger partial charge in [-0.3, -0.25) is 10.1 Å². The van der Waals surface area contributed by atoms with Gasteiger partial charge in [0, 0.05) is 4.88 Å². The molecule has 2 rings (SSSR count). The van der Waals surface area contributed by atoms with E-state index in [1.807, 2.05) is 13.8 Å². The molecule has 0 bridgehead atoms. The molecule has 2 heterocycles. The zero-order valence-electron chi connectivity index (χ0n) is 9.19. The van der Waals surface area contributed by atoms with E-state index in [1.54, 1.807) is 0 Å². The van der Waals surface area contributed by atoms with Crippen LogP contribution in [0.2, 0.25) is 5.15 Å². The fraction of sp³-hybridized carbons (Fsp3) is 0.200. The zero-order chi connectivity index (χ0) is 12.4. The van der Waals surface area contributed by atoms with Gasteiger partial charge in [0.1, 0.15) is 0 Å². The second kappa shape index (κ2) is 4.77. The summed E-state index contributed by atoms with van der Waals surface area (Å²) in [6, 6.07) is 3.03. The standard InChI is InChI=1S/C10H9ClN4OS/c1-5-6(2)17-10(12-5)13-9(16)7-3-4-8(11)15-14-7/h3-4H,1-2H3,(H,12,13,16). The van der Waals surface area contributed by atoms with Crippen molar-refractivity contribution in [2.24, 2.45) is 0 Å². The SMILES string of the molecule is Cc1nc(NC(=O)c2ccc(Cl)nn2)sc1C. The van der Waals surface area contributed by atoms with Gasteiger partial charge in [0.2, 0.25) is 0 Å². The van der Waals surface area contributed by atoms with Gasteiger partial charge in [-0.1, -0.05) is 11.6 Å². The number of anilines is 1. The Morgan fingerprint density at radius 1 is 1.35 bits per heavy atom. The number of nitrogens with zero attached hydrogens (tertiary/aromatic N) is 3. The molecule has 0 aliphatic heterocycles. The van der Waals surface area contributed by atoms with E-state index in [1.165, 1.54) is 23.5 Å². The molecule has 0 atom stereocenters. The number of halogens is 1. The molecular weight excluding hydrogens is 260 g/mol. The van der Waals surface area contributed by atoms with E-state index in [2.05, 4.69) is 20.5 Å². The van der Waals surface area contributed by atoms with Crippen LogP contribution in [0.5, 0.6) is 0 Å². The van der Waals surface area contributed by atoms with Crippen LogP contribution in [-0.4, -0.2) is 21.1 Å². The van der Waals surface area contributed by atoms with Crippen molar-refractivity contribution in [1.29, 1.82) is 0 Å². The van der Waals surface area contributed by atoms with Crippen molar-refractivity contribution in [3.05, 3.63) is 33.6 Å². The van der Waals surface area contributed by atoms with E-state index in [9.17, 15) is 4.79 Å². The van der Waals surface area contributed by atoms with E-state index in [0.29, 0.717) is 5.13 Å². The minimum absolute atomic E-state index is 0.208. The second-order valence-corrected chi connectivity index (χ2v) is 4.95. The van der Waals surface area contributed by atoms with Crippen LogP contribution in [0.3, 0.4) is 0 Å². The van der Waals surface area contributed by atoms with Crippen molar-refractivity contribution in [2.75, 3.05) is 5.32 Å².